The van der Waals surface area contributed by atoms with Crippen molar-refractivity contribution in [2.45, 2.75) is 20.4 Å². The summed E-state index contributed by atoms with van der Waals surface area (Å²) in [5.74, 6) is -0.0985. The number of aromatic nitrogens is 2. The fraction of sp³-hybridized carbons (Fsp3) is 0.636. The number of ketones is 1. The van der Waals surface area contributed by atoms with Crippen LogP contribution in [-0.4, -0.2) is 35.8 Å². The third-order valence-corrected chi connectivity index (χ3v) is 2.92. The zero-order chi connectivity index (χ0) is 13.1. The summed E-state index contributed by atoms with van der Waals surface area (Å²) in [5.41, 5.74) is 5.35. The molecule has 0 saturated carbocycles. The van der Waals surface area contributed by atoms with Gasteiger partial charge in [0.1, 0.15) is 5.69 Å². The third kappa shape index (κ3) is 3.06. The molecule has 0 amide bonds. The first-order valence-electron chi connectivity index (χ1n) is 5.39. The molecule has 1 aromatic heterocycles. The smallest absolute Gasteiger partial charge is 0.189 e. The van der Waals surface area contributed by atoms with Crippen LogP contribution in [-0.2, 0) is 11.3 Å². The summed E-state index contributed by atoms with van der Waals surface area (Å²) in [6, 6.07) is 0. The lowest BCUT2D eigenvalue weighted by atomic mass is 9.86. The van der Waals surface area contributed by atoms with E-state index in [0.29, 0.717) is 23.9 Å². The molecule has 96 valence electrons. The Labute approximate surface area is 106 Å². The molecule has 5 nitrogen and oxygen atoms in total. The van der Waals surface area contributed by atoms with E-state index in [1.807, 2.05) is 0 Å². The van der Waals surface area contributed by atoms with E-state index < -0.39 is 5.41 Å². The van der Waals surface area contributed by atoms with Gasteiger partial charge in [0.2, 0.25) is 0 Å². The fourth-order valence-electron chi connectivity index (χ4n) is 1.35. The van der Waals surface area contributed by atoms with E-state index in [0.717, 1.165) is 0 Å². The number of carbonyl (C=O) groups is 1. The van der Waals surface area contributed by atoms with Crippen LogP contribution in [0, 0.1) is 5.41 Å². The maximum atomic E-state index is 12.3. The van der Waals surface area contributed by atoms with Crippen LogP contribution < -0.4 is 5.73 Å². The highest BCUT2D eigenvalue weighted by Gasteiger charge is 2.31. The van der Waals surface area contributed by atoms with Gasteiger partial charge in [-0.25, -0.2) is 0 Å². The van der Waals surface area contributed by atoms with Crippen LogP contribution in [0.4, 0.5) is 0 Å². The highest BCUT2D eigenvalue weighted by atomic mass is 35.5. The van der Waals surface area contributed by atoms with Gasteiger partial charge in [0.25, 0.3) is 0 Å². The predicted octanol–water partition coefficient (Wildman–Crippen LogP) is 1.35. The van der Waals surface area contributed by atoms with Gasteiger partial charge in [-0.1, -0.05) is 25.4 Å². The second-order valence-electron chi connectivity index (χ2n) is 4.47. The van der Waals surface area contributed by atoms with Crippen molar-refractivity contribution in [3.8, 4) is 0 Å². The van der Waals surface area contributed by atoms with Crippen molar-refractivity contribution in [1.29, 1.82) is 0 Å². The SMILES string of the molecule is COCCn1ncc(Cl)c1C(=O)C(C)(C)CN. The van der Waals surface area contributed by atoms with E-state index in [9.17, 15) is 4.79 Å². The van der Waals surface area contributed by atoms with Gasteiger partial charge in [-0.3, -0.25) is 9.48 Å². The Kier molecular flexibility index (Phi) is 4.68. The van der Waals surface area contributed by atoms with Crippen molar-refractivity contribution >= 4 is 17.4 Å². The number of ether oxygens (including phenoxy) is 1. The molecule has 17 heavy (non-hydrogen) atoms. The van der Waals surface area contributed by atoms with Crippen molar-refractivity contribution in [2.75, 3.05) is 20.3 Å². The minimum atomic E-state index is -0.644. The number of rotatable bonds is 6. The molecule has 0 aliphatic rings. The van der Waals surface area contributed by atoms with Crippen LogP contribution in [0.1, 0.15) is 24.3 Å². The van der Waals surface area contributed by atoms with Crippen molar-refractivity contribution < 1.29 is 9.53 Å². The molecule has 1 rings (SSSR count). The Bertz CT molecular complexity index is 401. The lowest BCUT2D eigenvalue weighted by Crippen LogP contribution is -2.34. The molecular formula is C11H18ClN3O2. The molecule has 0 bridgehead atoms. The molecule has 0 atom stereocenters. The van der Waals surface area contributed by atoms with Gasteiger partial charge in [0.15, 0.2) is 5.78 Å². The normalized spacial score (nSPS) is 11.8. The number of nitrogens with zero attached hydrogens (tertiary/aromatic N) is 2. The van der Waals surface area contributed by atoms with Crippen LogP contribution in [0.15, 0.2) is 6.20 Å². The number of Topliss-reactive ketones (excluding diaryl/α,β-unsaturated/α-hetero) is 1. The first-order chi connectivity index (χ1) is 7.94. The maximum absolute atomic E-state index is 12.3. The topological polar surface area (TPSA) is 70.1 Å². The largest absolute Gasteiger partial charge is 0.383 e. The number of hydrogen-bond acceptors (Lipinski definition) is 4. The average Bonchev–Trinajstić information content (AvgIpc) is 2.66. The molecular weight excluding hydrogens is 242 g/mol. The molecule has 6 heteroatoms. The van der Waals surface area contributed by atoms with E-state index in [1.54, 1.807) is 25.6 Å². The van der Waals surface area contributed by atoms with E-state index in [1.165, 1.54) is 6.20 Å². The van der Waals surface area contributed by atoms with Gasteiger partial charge in [0, 0.05) is 19.1 Å². The van der Waals surface area contributed by atoms with Crippen molar-refractivity contribution in [2.24, 2.45) is 11.1 Å². The van der Waals surface area contributed by atoms with Crippen LogP contribution in [0.5, 0.6) is 0 Å². The van der Waals surface area contributed by atoms with Gasteiger partial charge in [0.05, 0.1) is 24.4 Å². The van der Waals surface area contributed by atoms with Gasteiger partial charge in [-0.15, -0.1) is 0 Å². The standard InChI is InChI=1S/C11H18ClN3O2/c1-11(2,7-13)10(16)9-8(12)6-14-15(9)4-5-17-3/h6H,4-5,7,13H2,1-3H3. The van der Waals surface area contributed by atoms with Crippen molar-refractivity contribution in [3.63, 3.8) is 0 Å². The quantitative estimate of drug-likeness (QED) is 0.783. The lowest BCUT2D eigenvalue weighted by Gasteiger charge is -2.21. The molecule has 1 heterocycles. The molecule has 0 saturated heterocycles. The Hall–Kier alpha value is -0.910. The van der Waals surface area contributed by atoms with Crippen molar-refractivity contribution in [3.05, 3.63) is 16.9 Å². The number of carbonyl (C=O) groups excluding carboxylic acids is 1. The summed E-state index contributed by atoms with van der Waals surface area (Å²) in [4.78, 5) is 12.3. The minimum absolute atomic E-state index is 0.0985. The molecule has 0 aromatic carbocycles. The molecule has 1 aromatic rings. The average molecular weight is 260 g/mol. The zero-order valence-electron chi connectivity index (χ0n) is 10.4. The molecule has 2 N–H and O–H groups in total. The maximum Gasteiger partial charge on any atom is 0.189 e. The van der Waals surface area contributed by atoms with Crippen molar-refractivity contribution in [1.82, 2.24) is 9.78 Å². The fourth-order valence-corrected chi connectivity index (χ4v) is 1.58. The molecule has 0 unspecified atom stereocenters. The number of hydrogen-bond donors (Lipinski definition) is 1. The van der Waals surface area contributed by atoms with E-state index in [2.05, 4.69) is 5.10 Å². The summed E-state index contributed by atoms with van der Waals surface area (Å²) in [7, 11) is 1.59. The summed E-state index contributed by atoms with van der Waals surface area (Å²) in [6.07, 6.45) is 1.47. The summed E-state index contributed by atoms with van der Waals surface area (Å²) >= 11 is 6.00. The molecule has 0 spiro atoms. The highest BCUT2D eigenvalue weighted by Crippen LogP contribution is 2.25. The Morgan fingerprint density at radius 2 is 2.29 bits per heavy atom. The molecule has 0 fully saturated rings. The van der Waals surface area contributed by atoms with Gasteiger partial charge in [-0.05, 0) is 0 Å². The van der Waals surface area contributed by atoms with E-state index in [4.69, 9.17) is 22.1 Å². The Morgan fingerprint density at radius 3 is 2.82 bits per heavy atom. The Balaban J connectivity index is 3.03. The summed E-state index contributed by atoms with van der Waals surface area (Å²) < 4.78 is 6.52. The van der Waals surface area contributed by atoms with Crippen LogP contribution in [0.25, 0.3) is 0 Å². The van der Waals surface area contributed by atoms with Crippen LogP contribution in [0.3, 0.4) is 0 Å². The second kappa shape index (κ2) is 5.62. The third-order valence-electron chi connectivity index (χ3n) is 2.64. The second-order valence-corrected chi connectivity index (χ2v) is 4.88. The van der Waals surface area contributed by atoms with E-state index in [-0.39, 0.29) is 12.3 Å². The van der Waals surface area contributed by atoms with Gasteiger partial charge >= 0.3 is 0 Å². The lowest BCUT2D eigenvalue weighted by molar-refractivity contribution is 0.0832. The number of nitrogens with two attached hydrogens (primary N) is 1. The van der Waals surface area contributed by atoms with E-state index >= 15 is 0 Å². The molecule has 0 radical (unpaired) electrons. The predicted molar refractivity (Wildman–Crippen MR) is 66.3 cm³/mol. The minimum Gasteiger partial charge on any atom is -0.383 e. The monoisotopic (exact) mass is 259 g/mol. The summed E-state index contributed by atoms with van der Waals surface area (Å²) in [6.45, 7) is 4.81. The first-order valence-corrected chi connectivity index (χ1v) is 5.77. The first kappa shape index (κ1) is 14.2. The van der Waals surface area contributed by atoms with Gasteiger partial charge < -0.3 is 10.5 Å². The molecule has 0 aliphatic heterocycles. The van der Waals surface area contributed by atoms with Crippen LogP contribution in [0.2, 0.25) is 5.02 Å². The molecule has 0 aliphatic carbocycles. The number of methoxy groups -OCH3 is 1. The Morgan fingerprint density at radius 1 is 1.65 bits per heavy atom. The van der Waals surface area contributed by atoms with Crippen LogP contribution >= 0.6 is 11.6 Å². The number of halogens is 1. The van der Waals surface area contributed by atoms with Gasteiger partial charge in [-0.2, -0.15) is 5.10 Å². The zero-order valence-corrected chi connectivity index (χ0v) is 11.1. The highest BCUT2D eigenvalue weighted by molar-refractivity contribution is 6.33. The summed E-state index contributed by atoms with van der Waals surface area (Å²) in [5, 5.41) is 4.42.